The van der Waals surface area contributed by atoms with Gasteiger partial charge in [0.1, 0.15) is 5.54 Å². The van der Waals surface area contributed by atoms with Gasteiger partial charge in [-0.15, -0.1) is 11.3 Å². The zero-order valence-corrected chi connectivity index (χ0v) is 12.4. The van der Waals surface area contributed by atoms with Crippen molar-refractivity contribution in [2.24, 2.45) is 0 Å². The number of carbonyl (C=O) groups is 2. The molecule has 1 atom stereocenters. The van der Waals surface area contributed by atoms with Gasteiger partial charge in [0.05, 0.1) is 8.66 Å². The molecule has 0 bridgehead atoms. The highest BCUT2D eigenvalue weighted by Gasteiger charge is 2.44. The van der Waals surface area contributed by atoms with E-state index in [1.807, 2.05) is 0 Å². The molecule has 1 amide bonds. The van der Waals surface area contributed by atoms with Crippen LogP contribution in [0.15, 0.2) is 15.9 Å². The molecule has 0 aromatic carbocycles. The molecule has 1 unspecified atom stereocenters. The minimum Gasteiger partial charge on any atom is -0.480 e. The van der Waals surface area contributed by atoms with Crippen molar-refractivity contribution in [1.29, 1.82) is 0 Å². The molecule has 6 heteroatoms. The first-order valence-corrected chi connectivity index (χ1v) is 7.37. The van der Waals surface area contributed by atoms with E-state index in [-0.39, 0.29) is 5.91 Å². The highest BCUT2D eigenvalue weighted by molar-refractivity contribution is 9.11. The third-order valence-electron chi connectivity index (χ3n) is 3.38. The first-order valence-electron chi connectivity index (χ1n) is 5.76. The van der Waals surface area contributed by atoms with E-state index in [9.17, 15) is 14.7 Å². The molecule has 4 nitrogen and oxygen atoms in total. The summed E-state index contributed by atoms with van der Waals surface area (Å²) in [5.74, 6) is -1.11. The van der Waals surface area contributed by atoms with Gasteiger partial charge in [-0.3, -0.25) is 4.79 Å². The number of piperidine rings is 1. The van der Waals surface area contributed by atoms with Crippen molar-refractivity contribution in [2.45, 2.75) is 31.7 Å². The Morgan fingerprint density at radius 1 is 1.44 bits per heavy atom. The number of carboxylic acids is 1. The predicted molar refractivity (Wildman–Crippen MR) is 72.9 cm³/mol. The second-order valence-corrected chi connectivity index (χ2v) is 7.06. The van der Waals surface area contributed by atoms with Gasteiger partial charge in [0.15, 0.2) is 0 Å². The molecule has 1 saturated heterocycles. The number of aliphatic carboxylic acids is 1. The maximum atomic E-state index is 12.4. The molecule has 0 saturated carbocycles. The monoisotopic (exact) mass is 331 g/mol. The number of carbonyl (C=O) groups excluding carboxylic acids is 1. The van der Waals surface area contributed by atoms with Gasteiger partial charge < -0.3 is 10.0 Å². The standard InChI is InChI=1S/C12H14BrNO3S/c1-12(11(16)17)6-2-3-7-14(12)10(15)8-4-5-9(13)18-8/h4-5H,2-3,6-7H2,1H3,(H,16,17). The number of carboxylic acid groups (broad SMARTS) is 1. The second kappa shape index (κ2) is 5.01. The van der Waals surface area contributed by atoms with Gasteiger partial charge in [0, 0.05) is 6.54 Å². The summed E-state index contributed by atoms with van der Waals surface area (Å²) in [6.07, 6.45) is 2.22. The summed E-state index contributed by atoms with van der Waals surface area (Å²) >= 11 is 4.65. The average Bonchev–Trinajstić information content (AvgIpc) is 2.75. The topological polar surface area (TPSA) is 57.6 Å². The van der Waals surface area contributed by atoms with E-state index in [2.05, 4.69) is 15.9 Å². The van der Waals surface area contributed by atoms with Crippen LogP contribution in [-0.2, 0) is 4.79 Å². The molecule has 0 radical (unpaired) electrons. The Bertz CT molecular complexity index is 487. The smallest absolute Gasteiger partial charge is 0.329 e. The molecule has 0 aliphatic carbocycles. The van der Waals surface area contributed by atoms with Gasteiger partial charge in [-0.05, 0) is 54.2 Å². The van der Waals surface area contributed by atoms with Crippen molar-refractivity contribution in [1.82, 2.24) is 4.90 Å². The van der Waals surface area contributed by atoms with Crippen LogP contribution in [0, 0.1) is 0 Å². The van der Waals surface area contributed by atoms with Crippen molar-refractivity contribution in [3.63, 3.8) is 0 Å². The van der Waals surface area contributed by atoms with E-state index >= 15 is 0 Å². The van der Waals surface area contributed by atoms with Crippen LogP contribution < -0.4 is 0 Å². The Balaban J connectivity index is 2.30. The van der Waals surface area contributed by atoms with E-state index < -0.39 is 11.5 Å². The van der Waals surface area contributed by atoms with Crippen LogP contribution in [0.5, 0.6) is 0 Å². The predicted octanol–water partition coefficient (Wildman–Crippen LogP) is 2.98. The number of thiophene rings is 1. The summed E-state index contributed by atoms with van der Waals surface area (Å²) in [5.41, 5.74) is -1.08. The van der Waals surface area contributed by atoms with Gasteiger partial charge in [0.25, 0.3) is 5.91 Å². The minimum absolute atomic E-state index is 0.185. The largest absolute Gasteiger partial charge is 0.480 e. The molecule has 1 aliphatic rings. The zero-order valence-electron chi connectivity index (χ0n) is 9.98. The SMILES string of the molecule is CC1(C(=O)O)CCCCN1C(=O)c1ccc(Br)s1. The second-order valence-electron chi connectivity index (χ2n) is 4.60. The lowest BCUT2D eigenvalue weighted by Crippen LogP contribution is -2.57. The van der Waals surface area contributed by atoms with Gasteiger partial charge >= 0.3 is 5.97 Å². The number of hydrogen-bond donors (Lipinski definition) is 1. The molecule has 0 spiro atoms. The lowest BCUT2D eigenvalue weighted by atomic mass is 9.88. The number of rotatable bonds is 2. The summed E-state index contributed by atoms with van der Waals surface area (Å²) < 4.78 is 0.875. The molecule has 1 aromatic heterocycles. The maximum absolute atomic E-state index is 12.4. The first kappa shape index (κ1) is 13.5. The maximum Gasteiger partial charge on any atom is 0.329 e. The van der Waals surface area contributed by atoms with Crippen LogP contribution in [0.3, 0.4) is 0 Å². The molecule has 1 aromatic rings. The number of nitrogens with zero attached hydrogens (tertiary/aromatic N) is 1. The Kier molecular flexibility index (Phi) is 3.77. The van der Waals surface area contributed by atoms with E-state index in [0.717, 1.165) is 16.6 Å². The lowest BCUT2D eigenvalue weighted by molar-refractivity contribution is -0.150. The molecule has 1 aliphatic heterocycles. The van der Waals surface area contributed by atoms with Gasteiger partial charge in [-0.2, -0.15) is 0 Å². The highest BCUT2D eigenvalue weighted by atomic mass is 79.9. The van der Waals surface area contributed by atoms with Gasteiger partial charge in [-0.25, -0.2) is 4.79 Å². The number of likely N-dealkylation sites (tertiary alicyclic amines) is 1. The van der Waals surface area contributed by atoms with Crippen LogP contribution in [-0.4, -0.2) is 34.0 Å². The van der Waals surface area contributed by atoms with Crippen LogP contribution in [0.25, 0.3) is 0 Å². The summed E-state index contributed by atoms with van der Waals surface area (Å²) in [6, 6.07) is 3.54. The molecule has 18 heavy (non-hydrogen) atoms. The van der Waals surface area contributed by atoms with Crippen molar-refractivity contribution in [2.75, 3.05) is 6.54 Å². The molecule has 2 rings (SSSR count). The lowest BCUT2D eigenvalue weighted by Gasteiger charge is -2.41. The third kappa shape index (κ3) is 2.31. The zero-order chi connectivity index (χ0) is 13.3. The Labute approximate surface area is 118 Å². The average molecular weight is 332 g/mol. The van der Waals surface area contributed by atoms with Crippen molar-refractivity contribution in [3.8, 4) is 0 Å². The molecular formula is C12H14BrNO3S. The summed E-state index contributed by atoms with van der Waals surface area (Å²) in [6.45, 7) is 2.15. The fourth-order valence-electron chi connectivity index (χ4n) is 2.23. The number of hydrogen-bond acceptors (Lipinski definition) is 3. The summed E-state index contributed by atoms with van der Waals surface area (Å²) in [4.78, 5) is 25.9. The fourth-order valence-corrected chi connectivity index (χ4v) is 3.57. The Morgan fingerprint density at radius 2 is 2.17 bits per heavy atom. The Morgan fingerprint density at radius 3 is 2.72 bits per heavy atom. The van der Waals surface area contributed by atoms with E-state index in [4.69, 9.17) is 0 Å². The van der Waals surface area contributed by atoms with Crippen molar-refractivity contribution >= 4 is 39.1 Å². The van der Waals surface area contributed by atoms with E-state index in [1.165, 1.54) is 16.2 Å². The fraction of sp³-hybridized carbons (Fsp3) is 0.500. The molecule has 1 N–H and O–H groups in total. The van der Waals surface area contributed by atoms with Gasteiger partial charge in [-0.1, -0.05) is 0 Å². The third-order valence-corrected chi connectivity index (χ3v) is 4.99. The van der Waals surface area contributed by atoms with E-state index in [0.29, 0.717) is 17.8 Å². The van der Waals surface area contributed by atoms with Crippen molar-refractivity contribution in [3.05, 3.63) is 20.8 Å². The van der Waals surface area contributed by atoms with E-state index in [1.54, 1.807) is 19.1 Å². The Hall–Kier alpha value is -0.880. The van der Waals surface area contributed by atoms with Crippen molar-refractivity contribution < 1.29 is 14.7 Å². The molecule has 2 heterocycles. The van der Waals surface area contributed by atoms with Crippen LogP contribution in [0.2, 0.25) is 0 Å². The number of halogens is 1. The molecular weight excluding hydrogens is 318 g/mol. The number of amides is 1. The quantitative estimate of drug-likeness (QED) is 0.906. The highest BCUT2D eigenvalue weighted by Crippen LogP contribution is 2.32. The van der Waals surface area contributed by atoms with Crippen LogP contribution in [0.4, 0.5) is 0 Å². The minimum atomic E-state index is -1.08. The normalized spacial score (nSPS) is 24.0. The molecule has 1 fully saturated rings. The summed E-state index contributed by atoms with van der Waals surface area (Å²) in [5, 5.41) is 9.37. The first-order chi connectivity index (χ1) is 8.45. The summed E-state index contributed by atoms with van der Waals surface area (Å²) in [7, 11) is 0. The van der Waals surface area contributed by atoms with Crippen LogP contribution >= 0.6 is 27.3 Å². The van der Waals surface area contributed by atoms with Crippen LogP contribution in [0.1, 0.15) is 35.9 Å². The molecule has 98 valence electrons. The van der Waals surface area contributed by atoms with Gasteiger partial charge in [0.2, 0.25) is 0 Å².